The summed E-state index contributed by atoms with van der Waals surface area (Å²) < 4.78 is 0. The highest BCUT2D eigenvalue weighted by molar-refractivity contribution is 5.78. The molecule has 2 aliphatic rings. The summed E-state index contributed by atoms with van der Waals surface area (Å²) in [6, 6.07) is 0. The molecule has 0 radical (unpaired) electrons. The van der Waals surface area contributed by atoms with Crippen LogP contribution in [0.3, 0.4) is 0 Å². The van der Waals surface area contributed by atoms with Gasteiger partial charge in [-0.2, -0.15) is 0 Å². The molecule has 0 aliphatic heterocycles. The number of carboxylic acids is 1. The van der Waals surface area contributed by atoms with E-state index in [1.54, 1.807) is 0 Å². The highest BCUT2D eigenvalue weighted by Gasteiger charge is 2.67. The van der Waals surface area contributed by atoms with E-state index in [-0.39, 0.29) is 5.41 Å². The molecule has 0 atom stereocenters. The van der Waals surface area contributed by atoms with E-state index in [1.807, 2.05) is 0 Å². The molecule has 14 heavy (non-hydrogen) atoms. The zero-order valence-electron chi connectivity index (χ0n) is 8.84. The molecule has 0 unspecified atom stereocenters. The van der Waals surface area contributed by atoms with Crippen LogP contribution in [-0.4, -0.2) is 21.8 Å². The van der Waals surface area contributed by atoms with Crippen LogP contribution in [0.1, 0.15) is 46.0 Å². The van der Waals surface area contributed by atoms with Gasteiger partial charge < -0.3 is 10.2 Å². The molecule has 0 aromatic rings. The smallest absolute Gasteiger partial charge is 0.312 e. The maximum Gasteiger partial charge on any atom is 0.312 e. The van der Waals surface area contributed by atoms with Gasteiger partial charge in [0.15, 0.2) is 0 Å². The van der Waals surface area contributed by atoms with Crippen molar-refractivity contribution in [2.45, 2.75) is 51.6 Å². The third-order valence-corrected chi connectivity index (χ3v) is 4.04. The van der Waals surface area contributed by atoms with E-state index in [1.165, 1.54) is 0 Å². The summed E-state index contributed by atoms with van der Waals surface area (Å²) in [6.07, 6.45) is 3.52. The Morgan fingerprint density at radius 2 is 1.71 bits per heavy atom. The van der Waals surface area contributed by atoms with Crippen molar-refractivity contribution in [3.63, 3.8) is 0 Å². The second kappa shape index (κ2) is 2.51. The first kappa shape index (κ1) is 9.97. The van der Waals surface area contributed by atoms with Crippen LogP contribution in [0.25, 0.3) is 0 Å². The van der Waals surface area contributed by atoms with Crippen molar-refractivity contribution in [2.24, 2.45) is 10.8 Å². The molecule has 0 aromatic heterocycles. The van der Waals surface area contributed by atoms with Crippen molar-refractivity contribution in [1.29, 1.82) is 0 Å². The van der Waals surface area contributed by atoms with Crippen LogP contribution in [0.4, 0.5) is 0 Å². The summed E-state index contributed by atoms with van der Waals surface area (Å²) in [5.41, 5.74) is -1.66. The predicted octanol–water partition coefficient (Wildman–Crippen LogP) is 1.79. The molecule has 0 bridgehead atoms. The zero-order valence-corrected chi connectivity index (χ0v) is 8.84. The molecule has 2 fully saturated rings. The minimum absolute atomic E-state index is 0.0870. The molecule has 2 N–H and O–H groups in total. The highest BCUT2D eigenvalue weighted by Crippen LogP contribution is 2.64. The Labute approximate surface area is 84.1 Å². The van der Waals surface area contributed by atoms with E-state index in [0.717, 1.165) is 6.42 Å². The van der Waals surface area contributed by atoms with Crippen molar-refractivity contribution in [3.8, 4) is 0 Å². The molecule has 2 aliphatic carbocycles. The molecular formula is C11H18O3. The third-order valence-electron chi connectivity index (χ3n) is 4.04. The van der Waals surface area contributed by atoms with Crippen LogP contribution >= 0.6 is 0 Å². The number of aliphatic hydroxyl groups is 1. The van der Waals surface area contributed by atoms with Crippen LogP contribution in [0.15, 0.2) is 0 Å². The largest absolute Gasteiger partial charge is 0.481 e. The Kier molecular flexibility index (Phi) is 1.79. The zero-order chi connectivity index (χ0) is 10.6. The van der Waals surface area contributed by atoms with Gasteiger partial charge in [0.05, 0.1) is 11.0 Å². The minimum atomic E-state index is -0.908. The van der Waals surface area contributed by atoms with Gasteiger partial charge in [0, 0.05) is 0 Å². The van der Waals surface area contributed by atoms with Gasteiger partial charge in [-0.05, 0) is 37.5 Å². The number of carboxylic acid groups (broad SMARTS) is 1. The highest BCUT2D eigenvalue weighted by atomic mass is 16.4. The van der Waals surface area contributed by atoms with Crippen molar-refractivity contribution < 1.29 is 15.0 Å². The Morgan fingerprint density at radius 1 is 1.21 bits per heavy atom. The van der Waals surface area contributed by atoms with Crippen LogP contribution in [0.5, 0.6) is 0 Å². The summed E-state index contributed by atoms with van der Waals surface area (Å²) >= 11 is 0. The average molecular weight is 198 g/mol. The lowest BCUT2D eigenvalue weighted by Gasteiger charge is -2.61. The lowest BCUT2D eigenvalue weighted by atomic mass is 9.44. The molecule has 2 saturated carbocycles. The fourth-order valence-corrected chi connectivity index (χ4v) is 3.25. The average Bonchev–Trinajstić information content (AvgIpc) is 1.94. The summed E-state index contributed by atoms with van der Waals surface area (Å²) in [7, 11) is 0. The first-order valence-electron chi connectivity index (χ1n) is 5.27. The lowest BCUT2D eigenvalue weighted by Crippen LogP contribution is -2.65. The Morgan fingerprint density at radius 3 is 1.93 bits per heavy atom. The topological polar surface area (TPSA) is 57.5 Å². The van der Waals surface area contributed by atoms with Crippen LogP contribution < -0.4 is 0 Å². The van der Waals surface area contributed by atoms with Gasteiger partial charge in [0.2, 0.25) is 0 Å². The normalized spacial score (nSPS) is 31.4. The maximum absolute atomic E-state index is 11.3. The fourth-order valence-electron chi connectivity index (χ4n) is 3.25. The lowest BCUT2D eigenvalue weighted by molar-refractivity contribution is -0.225. The molecule has 0 amide bonds. The third kappa shape index (κ3) is 1.05. The summed E-state index contributed by atoms with van der Waals surface area (Å²) in [6.45, 7) is 4.13. The molecule has 2 rings (SSSR count). The molecule has 3 nitrogen and oxygen atoms in total. The number of hydrogen-bond donors (Lipinski definition) is 2. The van der Waals surface area contributed by atoms with Crippen LogP contribution in [0, 0.1) is 10.8 Å². The number of carbonyl (C=O) groups is 1. The number of aliphatic carboxylic acids is 1. The van der Waals surface area contributed by atoms with Crippen molar-refractivity contribution in [2.75, 3.05) is 0 Å². The number of hydrogen-bond acceptors (Lipinski definition) is 2. The first-order chi connectivity index (χ1) is 6.31. The maximum atomic E-state index is 11.3. The van der Waals surface area contributed by atoms with Gasteiger partial charge in [-0.15, -0.1) is 0 Å². The predicted molar refractivity (Wildman–Crippen MR) is 51.9 cm³/mol. The molecule has 3 heteroatoms. The van der Waals surface area contributed by atoms with Crippen molar-refractivity contribution >= 4 is 5.97 Å². The van der Waals surface area contributed by atoms with Gasteiger partial charge in [-0.3, -0.25) is 4.79 Å². The van der Waals surface area contributed by atoms with E-state index < -0.39 is 17.0 Å². The van der Waals surface area contributed by atoms with Crippen LogP contribution in [0.2, 0.25) is 0 Å². The van der Waals surface area contributed by atoms with Crippen LogP contribution in [-0.2, 0) is 4.79 Å². The van der Waals surface area contributed by atoms with E-state index in [2.05, 4.69) is 13.8 Å². The summed E-state index contributed by atoms with van der Waals surface area (Å²) in [4.78, 5) is 11.3. The monoisotopic (exact) mass is 198 g/mol. The van der Waals surface area contributed by atoms with Gasteiger partial charge in [-0.1, -0.05) is 13.8 Å². The molecule has 80 valence electrons. The van der Waals surface area contributed by atoms with Gasteiger partial charge in [0.1, 0.15) is 0 Å². The van der Waals surface area contributed by atoms with Gasteiger partial charge >= 0.3 is 5.97 Å². The van der Waals surface area contributed by atoms with E-state index >= 15 is 0 Å². The van der Waals surface area contributed by atoms with Crippen molar-refractivity contribution in [1.82, 2.24) is 0 Å². The Hall–Kier alpha value is -0.570. The van der Waals surface area contributed by atoms with Crippen molar-refractivity contribution in [3.05, 3.63) is 0 Å². The summed E-state index contributed by atoms with van der Waals surface area (Å²) in [5.74, 6) is -0.806. The molecule has 0 saturated heterocycles. The van der Waals surface area contributed by atoms with E-state index in [9.17, 15) is 15.0 Å². The van der Waals surface area contributed by atoms with E-state index in [0.29, 0.717) is 25.7 Å². The van der Waals surface area contributed by atoms with Gasteiger partial charge in [0.25, 0.3) is 0 Å². The van der Waals surface area contributed by atoms with E-state index in [4.69, 9.17) is 0 Å². The molecular weight excluding hydrogens is 180 g/mol. The molecule has 0 spiro atoms. The summed E-state index contributed by atoms with van der Waals surface area (Å²) in [5, 5.41) is 19.5. The Bertz CT molecular complexity index is 268. The standard InChI is InChI=1S/C11H18O3/c1-9(2)6-10(7-9,8(12)13)11(14)4-3-5-11/h14H,3-7H2,1-2H3,(H,12,13). The van der Waals surface area contributed by atoms with Gasteiger partial charge in [-0.25, -0.2) is 0 Å². The molecule has 0 aromatic carbocycles. The Balaban J connectivity index is 2.22. The number of rotatable bonds is 2. The quantitative estimate of drug-likeness (QED) is 0.711. The second-order valence-electron chi connectivity index (χ2n) is 5.79. The second-order valence-corrected chi connectivity index (χ2v) is 5.79. The SMILES string of the molecule is CC1(C)CC(C(=O)O)(C2(O)CCC2)C1. The first-order valence-corrected chi connectivity index (χ1v) is 5.27. The fraction of sp³-hybridized carbons (Fsp3) is 0.909. The molecule has 0 heterocycles. The minimum Gasteiger partial charge on any atom is -0.481 e.